The molecule has 0 fully saturated rings. The summed E-state index contributed by atoms with van der Waals surface area (Å²) in [4.78, 5) is 14.9. The van der Waals surface area contributed by atoms with E-state index in [4.69, 9.17) is 0 Å². The van der Waals surface area contributed by atoms with Crippen molar-refractivity contribution in [3.05, 3.63) is 40.6 Å². The standard InChI is InChI=1S/C11H8Br2OS2/c1-5-3-8(16-11(5)13)10(14)9-4-7(12)6(2)15-9/h3-4H,1-2H3. The summed E-state index contributed by atoms with van der Waals surface area (Å²) in [5, 5.41) is 0. The van der Waals surface area contributed by atoms with Crippen LogP contribution in [0.15, 0.2) is 20.4 Å². The van der Waals surface area contributed by atoms with Crippen molar-refractivity contribution in [1.82, 2.24) is 0 Å². The summed E-state index contributed by atoms with van der Waals surface area (Å²) < 4.78 is 2.04. The minimum absolute atomic E-state index is 0.109. The number of ketones is 1. The summed E-state index contributed by atoms with van der Waals surface area (Å²) in [7, 11) is 0. The molecule has 0 saturated heterocycles. The van der Waals surface area contributed by atoms with E-state index in [9.17, 15) is 4.79 Å². The smallest absolute Gasteiger partial charge is 0.212 e. The molecule has 0 aromatic carbocycles. The van der Waals surface area contributed by atoms with E-state index in [1.165, 1.54) is 22.7 Å². The minimum atomic E-state index is 0.109. The van der Waals surface area contributed by atoms with Gasteiger partial charge in [0, 0.05) is 9.35 Å². The van der Waals surface area contributed by atoms with E-state index in [0.29, 0.717) is 0 Å². The monoisotopic (exact) mass is 378 g/mol. The SMILES string of the molecule is Cc1cc(C(=O)c2cc(Br)c(C)s2)sc1Br. The van der Waals surface area contributed by atoms with Gasteiger partial charge >= 0.3 is 0 Å². The van der Waals surface area contributed by atoms with Crippen LogP contribution in [-0.4, -0.2) is 5.78 Å². The highest BCUT2D eigenvalue weighted by Gasteiger charge is 2.16. The summed E-state index contributed by atoms with van der Waals surface area (Å²) in [6.07, 6.45) is 0. The molecule has 0 N–H and O–H groups in total. The van der Waals surface area contributed by atoms with Crippen molar-refractivity contribution in [1.29, 1.82) is 0 Å². The predicted molar refractivity (Wildman–Crippen MR) is 76.9 cm³/mol. The first-order valence-corrected chi connectivity index (χ1v) is 7.77. The van der Waals surface area contributed by atoms with E-state index >= 15 is 0 Å². The molecule has 0 saturated carbocycles. The molecular weight excluding hydrogens is 372 g/mol. The fourth-order valence-electron chi connectivity index (χ4n) is 1.26. The lowest BCUT2D eigenvalue weighted by Crippen LogP contribution is -1.94. The molecule has 2 heterocycles. The molecule has 0 spiro atoms. The van der Waals surface area contributed by atoms with Crippen molar-refractivity contribution in [2.75, 3.05) is 0 Å². The van der Waals surface area contributed by atoms with E-state index in [0.717, 1.165) is 28.5 Å². The van der Waals surface area contributed by atoms with Gasteiger partial charge in [0.15, 0.2) is 0 Å². The summed E-state index contributed by atoms with van der Waals surface area (Å²) in [5.41, 5.74) is 1.11. The number of carbonyl (C=O) groups is 1. The van der Waals surface area contributed by atoms with Crippen LogP contribution in [0.5, 0.6) is 0 Å². The number of hydrogen-bond acceptors (Lipinski definition) is 3. The van der Waals surface area contributed by atoms with Crippen molar-refractivity contribution in [2.45, 2.75) is 13.8 Å². The molecule has 2 aromatic rings. The molecule has 2 aromatic heterocycles. The lowest BCUT2D eigenvalue weighted by Gasteiger charge is -1.90. The Hall–Kier alpha value is 0.0300. The van der Waals surface area contributed by atoms with Crippen molar-refractivity contribution in [3.8, 4) is 0 Å². The van der Waals surface area contributed by atoms with Crippen molar-refractivity contribution in [3.63, 3.8) is 0 Å². The molecule has 5 heteroatoms. The van der Waals surface area contributed by atoms with Crippen LogP contribution in [0, 0.1) is 13.8 Å². The van der Waals surface area contributed by atoms with Crippen LogP contribution in [0.4, 0.5) is 0 Å². The van der Waals surface area contributed by atoms with Gasteiger partial charge in [-0.1, -0.05) is 0 Å². The highest BCUT2D eigenvalue weighted by atomic mass is 79.9. The number of hydrogen-bond donors (Lipinski definition) is 0. The fraction of sp³-hybridized carbons (Fsp3) is 0.182. The number of carbonyl (C=O) groups excluding carboxylic acids is 1. The van der Waals surface area contributed by atoms with Gasteiger partial charge in [-0.2, -0.15) is 0 Å². The molecule has 16 heavy (non-hydrogen) atoms. The van der Waals surface area contributed by atoms with E-state index in [1.807, 2.05) is 26.0 Å². The summed E-state index contributed by atoms with van der Waals surface area (Å²) in [5.74, 6) is 0.109. The predicted octanol–water partition coefficient (Wildman–Crippen LogP) is 5.18. The lowest BCUT2D eigenvalue weighted by atomic mass is 10.2. The largest absolute Gasteiger partial charge is 0.287 e. The van der Waals surface area contributed by atoms with Gasteiger partial charge in [0.1, 0.15) is 0 Å². The molecule has 2 rings (SSSR count). The summed E-state index contributed by atoms with van der Waals surface area (Å²) in [6, 6.07) is 3.82. The third-order valence-corrected chi connectivity index (χ3v) is 6.43. The number of aryl methyl sites for hydroxylation is 2. The number of thiophene rings is 2. The van der Waals surface area contributed by atoms with Gasteiger partial charge in [0.05, 0.1) is 13.5 Å². The van der Waals surface area contributed by atoms with Gasteiger partial charge in [-0.3, -0.25) is 4.79 Å². The van der Waals surface area contributed by atoms with Gasteiger partial charge in [0.2, 0.25) is 5.78 Å². The van der Waals surface area contributed by atoms with Crippen molar-refractivity contribution in [2.24, 2.45) is 0 Å². The molecule has 0 aliphatic rings. The zero-order valence-electron chi connectivity index (χ0n) is 8.64. The zero-order valence-corrected chi connectivity index (χ0v) is 13.4. The average molecular weight is 380 g/mol. The second kappa shape index (κ2) is 4.72. The molecule has 0 atom stereocenters. The summed E-state index contributed by atoms with van der Waals surface area (Å²) in [6.45, 7) is 3.99. The number of halogens is 2. The third kappa shape index (κ3) is 2.32. The van der Waals surface area contributed by atoms with Crippen LogP contribution in [-0.2, 0) is 0 Å². The molecule has 0 bridgehead atoms. The van der Waals surface area contributed by atoms with Gasteiger partial charge in [-0.05, 0) is 63.4 Å². The Labute approximate surface area is 119 Å². The zero-order chi connectivity index (χ0) is 11.9. The maximum atomic E-state index is 12.2. The third-order valence-electron chi connectivity index (χ3n) is 2.16. The van der Waals surface area contributed by atoms with Crippen molar-refractivity contribution < 1.29 is 4.79 Å². The molecule has 0 unspecified atom stereocenters. The fourth-order valence-corrected chi connectivity index (χ4v) is 4.31. The molecule has 1 nitrogen and oxygen atoms in total. The maximum Gasteiger partial charge on any atom is 0.212 e. The first-order chi connectivity index (χ1) is 7.49. The molecule has 0 aliphatic heterocycles. The topological polar surface area (TPSA) is 17.1 Å². The Kier molecular flexibility index (Phi) is 3.69. The van der Waals surface area contributed by atoms with Gasteiger partial charge in [0.25, 0.3) is 0 Å². The average Bonchev–Trinajstić information content (AvgIpc) is 2.72. The van der Waals surface area contributed by atoms with Crippen LogP contribution < -0.4 is 0 Å². The van der Waals surface area contributed by atoms with Gasteiger partial charge in [-0.25, -0.2) is 0 Å². The number of rotatable bonds is 2. The molecule has 0 radical (unpaired) electrons. The Morgan fingerprint density at radius 3 is 2.19 bits per heavy atom. The second-order valence-electron chi connectivity index (χ2n) is 3.41. The Bertz CT molecular complexity index is 467. The van der Waals surface area contributed by atoms with E-state index in [2.05, 4.69) is 31.9 Å². The minimum Gasteiger partial charge on any atom is -0.287 e. The second-order valence-corrected chi connectivity index (χ2v) is 7.89. The highest BCUT2D eigenvalue weighted by Crippen LogP contribution is 2.32. The quantitative estimate of drug-likeness (QED) is 0.656. The molecule has 0 amide bonds. The highest BCUT2D eigenvalue weighted by molar-refractivity contribution is 9.11. The first kappa shape index (κ1) is 12.5. The van der Waals surface area contributed by atoms with E-state index in [1.54, 1.807) is 0 Å². The van der Waals surface area contributed by atoms with Crippen molar-refractivity contribution >= 4 is 60.3 Å². The van der Waals surface area contributed by atoms with Crippen LogP contribution in [0.3, 0.4) is 0 Å². The molecule has 84 valence electrons. The molecule has 0 aliphatic carbocycles. The van der Waals surface area contributed by atoms with E-state index < -0.39 is 0 Å². The molecular formula is C11H8Br2OS2. The first-order valence-electron chi connectivity index (χ1n) is 4.55. The Morgan fingerprint density at radius 1 is 1.12 bits per heavy atom. The Balaban J connectivity index is 2.38. The van der Waals surface area contributed by atoms with Crippen LogP contribution in [0.25, 0.3) is 0 Å². The Morgan fingerprint density at radius 2 is 1.75 bits per heavy atom. The van der Waals surface area contributed by atoms with Crippen LogP contribution in [0.2, 0.25) is 0 Å². The lowest BCUT2D eigenvalue weighted by molar-refractivity contribution is 0.104. The van der Waals surface area contributed by atoms with E-state index in [-0.39, 0.29) is 5.78 Å². The van der Waals surface area contributed by atoms with Gasteiger partial charge in [-0.15, -0.1) is 22.7 Å². The summed E-state index contributed by atoms with van der Waals surface area (Å²) >= 11 is 9.88. The maximum absolute atomic E-state index is 12.2. The van der Waals surface area contributed by atoms with Crippen LogP contribution in [0.1, 0.15) is 25.0 Å². The normalized spacial score (nSPS) is 10.8. The van der Waals surface area contributed by atoms with Crippen LogP contribution >= 0.6 is 54.5 Å². The van der Waals surface area contributed by atoms with Gasteiger partial charge < -0.3 is 0 Å².